The van der Waals surface area contributed by atoms with Gasteiger partial charge in [0.15, 0.2) is 0 Å². The van der Waals surface area contributed by atoms with Gasteiger partial charge in [-0.2, -0.15) is 0 Å². The lowest BCUT2D eigenvalue weighted by Crippen LogP contribution is -2.48. The van der Waals surface area contributed by atoms with Gasteiger partial charge >= 0.3 is 6.03 Å². The molecule has 0 aliphatic heterocycles. The number of amides is 2. The van der Waals surface area contributed by atoms with Crippen molar-refractivity contribution in [1.29, 1.82) is 0 Å². The molecule has 0 fully saturated rings. The molecular formula is C21H31N3O3S. The lowest BCUT2D eigenvalue weighted by atomic mass is 10.1. The van der Waals surface area contributed by atoms with Crippen molar-refractivity contribution in [3.63, 3.8) is 0 Å². The predicted octanol–water partition coefficient (Wildman–Crippen LogP) is 4.38. The molecular weight excluding hydrogens is 374 g/mol. The van der Waals surface area contributed by atoms with Crippen molar-refractivity contribution in [2.75, 3.05) is 20.3 Å². The number of aromatic nitrogens is 1. The Kier molecular flexibility index (Phi) is 8.26. The Morgan fingerprint density at radius 3 is 2.79 bits per heavy atom. The van der Waals surface area contributed by atoms with Gasteiger partial charge in [0.05, 0.1) is 12.2 Å². The van der Waals surface area contributed by atoms with E-state index in [0.29, 0.717) is 26.3 Å². The van der Waals surface area contributed by atoms with Crippen LogP contribution in [0.5, 0.6) is 5.75 Å². The first-order valence-electron chi connectivity index (χ1n) is 9.45. The number of hydrogen-bond acceptors (Lipinski definition) is 5. The number of methoxy groups -OCH3 is 1. The van der Waals surface area contributed by atoms with Gasteiger partial charge in [-0.05, 0) is 51.8 Å². The average Bonchev–Trinajstić information content (AvgIpc) is 3.05. The van der Waals surface area contributed by atoms with E-state index in [1.54, 1.807) is 23.3 Å². The number of nitrogens with zero attached hydrogens (tertiary/aromatic N) is 2. The molecule has 28 heavy (non-hydrogen) atoms. The Labute approximate surface area is 171 Å². The summed E-state index contributed by atoms with van der Waals surface area (Å²) < 4.78 is 10.9. The molecule has 1 aromatic heterocycles. The van der Waals surface area contributed by atoms with Gasteiger partial charge in [-0.1, -0.05) is 12.1 Å². The monoisotopic (exact) mass is 405 g/mol. The first-order chi connectivity index (χ1) is 13.3. The summed E-state index contributed by atoms with van der Waals surface area (Å²) in [5, 5.41) is 5.90. The second-order valence-corrected chi connectivity index (χ2v) is 8.73. The van der Waals surface area contributed by atoms with Crippen LogP contribution >= 0.6 is 11.3 Å². The molecule has 0 aliphatic rings. The number of benzene rings is 1. The van der Waals surface area contributed by atoms with Gasteiger partial charge in [-0.15, -0.1) is 11.3 Å². The Morgan fingerprint density at radius 2 is 2.11 bits per heavy atom. The van der Waals surface area contributed by atoms with Crippen molar-refractivity contribution in [2.45, 2.75) is 52.8 Å². The molecule has 154 valence electrons. The van der Waals surface area contributed by atoms with Gasteiger partial charge in [-0.25, -0.2) is 9.78 Å². The maximum atomic E-state index is 12.6. The SMILES string of the molecule is COCCCN(Cc1csc(COc2cccc(C)c2)n1)C(=O)NC(C)(C)C. The molecule has 0 atom stereocenters. The largest absolute Gasteiger partial charge is 0.486 e. The first-order valence-corrected chi connectivity index (χ1v) is 10.3. The van der Waals surface area contributed by atoms with E-state index in [4.69, 9.17) is 9.47 Å². The second kappa shape index (κ2) is 10.4. The number of ether oxygens (including phenoxy) is 2. The summed E-state index contributed by atoms with van der Waals surface area (Å²) in [5.41, 5.74) is 1.74. The number of carbonyl (C=O) groups is 1. The van der Waals surface area contributed by atoms with E-state index in [1.165, 1.54) is 0 Å². The number of rotatable bonds is 9. The topological polar surface area (TPSA) is 63.7 Å². The van der Waals surface area contributed by atoms with Gasteiger partial charge in [0, 0.05) is 31.2 Å². The third-order valence-electron chi connectivity index (χ3n) is 3.85. The molecule has 1 N–H and O–H groups in total. The molecule has 0 unspecified atom stereocenters. The van der Waals surface area contributed by atoms with Crippen molar-refractivity contribution in [1.82, 2.24) is 15.2 Å². The highest BCUT2D eigenvalue weighted by atomic mass is 32.1. The summed E-state index contributed by atoms with van der Waals surface area (Å²) in [7, 11) is 1.67. The fourth-order valence-electron chi connectivity index (χ4n) is 2.59. The summed E-state index contributed by atoms with van der Waals surface area (Å²) in [4.78, 5) is 19.0. The molecule has 2 rings (SSSR count). The lowest BCUT2D eigenvalue weighted by Gasteiger charge is -2.28. The van der Waals surface area contributed by atoms with Crippen LogP contribution in [0.1, 0.15) is 43.5 Å². The van der Waals surface area contributed by atoms with Gasteiger partial charge in [0.2, 0.25) is 0 Å². The first kappa shape index (κ1) is 22.2. The van der Waals surface area contributed by atoms with Crippen LogP contribution in [0.4, 0.5) is 4.79 Å². The highest BCUT2D eigenvalue weighted by Gasteiger charge is 2.20. The maximum absolute atomic E-state index is 12.6. The van der Waals surface area contributed by atoms with Crippen LogP contribution in [0.15, 0.2) is 29.6 Å². The van der Waals surface area contributed by atoms with Crippen molar-refractivity contribution >= 4 is 17.4 Å². The normalized spacial score (nSPS) is 11.3. The quantitative estimate of drug-likeness (QED) is 0.629. The number of urea groups is 1. The van der Waals surface area contributed by atoms with E-state index in [0.717, 1.165) is 28.4 Å². The zero-order chi connectivity index (χ0) is 20.6. The van der Waals surface area contributed by atoms with Crippen LogP contribution < -0.4 is 10.1 Å². The van der Waals surface area contributed by atoms with E-state index in [2.05, 4.69) is 10.3 Å². The minimum atomic E-state index is -0.286. The van der Waals surface area contributed by atoms with Crippen LogP contribution in [-0.4, -0.2) is 41.7 Å². The zero-order valence-corrected chi connectivity index (χ0v) is 18.3. The molecule has 2 amide bonds. The van der Waals surface area contributed by atoms with E-state index in [1.807, 2.05) is 57.3 Å². The highest BCUT2D eigenvalue weighted by molar-refractivity contribution is 7.09. The number of hydrogen-bond donors (Lipinski definition) is 1. The van der Waals surface area contributed by atoms with Crippen LogP contribution in [-0.2, 0) is 17.9 Å². The number of carbonyl (C=O) groups excluding carboxylic acids is 1. The van der Waals surface area contributed by atoms with E-state index < -0.39 is 0 Å². The Hall–Kier alpha value is -2.12. The minimum absolute atomic E-state index is 0.0887. The fourth-order valence-corrected chi connectivity index (χ4v) is 3.28. The lowest BCUT2D eigenvalue weighted by molar-refractivity contribution is 0.161. The Balaban J connectivity index is 1.96. The van der Waals surface area contributed by atoms with Gasteiger partial charge < -0.3 is 19.7 Å². The van der Waals surface area contributed by atoms with Gasteiger partial charge in [0.25, 0.3) is 0 Å². The molecule has 0 radical (unpaired) electrons. The van der Waals surface area contributed by atoms with Crippen LogP contribution in [0.2, 0.25) is 0 Å². The smallest absolute Gasteiger partial charge is 0.318 e. The van der Waals surface area contributed by atoms with Crippen LogP contribution in [0.25, 0.3) is 0 Å². The fraction of sp³-hybridized carbons (Fsp3) is 0.524. The highest BCUT2D eigenvalue weighted by Crippen LogP contribution is 2.18. The minimum Gasteiger partial charge on any atom is -0.486 e. The molecule has 2 aromatic rings. The Bertz CT molecular complexity index is 755. The molecule has 0 saturated carbocycles. The number of aryl methyl sites for hydroxylation is 1. The molecule has 7 heteroatoms. The van der Waals surface area contributed by atoms with E-state index in [9.17, 15) is 4.79 Å². The molecule has 6 nitrogen and oxygen atoms in total. The molecule has 0 saturated heterocycles. The standard InChI is InChI=1S/C21H31N3O3S/c1-16-8-6-9-18(12-16)27-14-19-22-17(15-28-19)13-24(10-7-11-26-5)20(25)23-21(2,3)4/h6,8-9,12,15H,7,10-11,13-14H2,1-5H3,(H,23,25). The predicted molar refractivity (Wildman–Crippen MR) is 113 cm³/mol. The molecule has 0 aliphatic carbocycles. The summed E-state index contributed by atoms with van der Waals surface area (Å²) in [5.74, 6) is 0.836. The summed E-state index contributed by atoms with van der Waals surface area (Å²) in [6.07, 6.45) is 0.779. The Morgan fingerprint density at radius 1 is 1.32 bits per heavy atom. The van der Waals surface area contributed by atoms with Crippen molar-refractivity contribution in [3.05, 3.63) is 45.9 Å². The van der Waals surface area contributed by atoms with Crippen LogP contribution in [0.3, 0.4) is 0 Å². The van der Waals surface area contributed by atoms with Crippen molar-refractivity contribution in [2.24, 2.45) is 0 Å². The van der Waals surface area contributed by atoms with E-state index in [-0.39, 0.29) is 11.6 Å². The van der Waals surface area contributed by atoms with Crippen LogP contribution in [0, 0.1) is 6.92 Å². The van der Waals surface area contributed by atoms with Crippen molar-refractivity contribution < 1.29 is 14.3 Å². The summed E-state index contributed by atoms with van der Waals surface area (Å²) >= 11 is 1.55. The second-order valence-electron chi connectivity index (χ2n) is 7.79. The van der Waals surface area contributed by atoms with Gasteiger partial charge in [0.1, 0.15) is 17.4 Å². The van der Waals surface area contributed by atoms with E-state index >= 15 is 0 Å². The maximum Gasteiger partial charge on any atom is 0.318 e. The molecule has 0 spiro atoms. The third-order valence-corrected chi connectivity index (χ3v) is 4.72. The molecule has 1 aromatic carbocycles. The third kappa shape index (κ3) is 7.86. The number of nitrogens with one attached hydrogen (secondary N) is 1. The number of thiazole rings is 1. The van der Waals surface area contributed by atoms with Crippen molar-refractivity contribution in [3.8, 4) is 5.75 Å². The summed E-state index contributed by atoms with van der Waals surface area (Å²) in [6.45, 7) is 10.1. The summed E-state index contributed by atoms with van der Waals surface area (Å²) in [6, 6.07) is 7.87. The molecule has 1 heterocycles. The zero-order valence-electron chi connectivity index (χ0n) is 17.4. The molecule has 0 bridgehead atoms. The van der Waals surface area contributed by atoms with Gasteiger partial charge in [-0.3, -0.25) is 0 Å². The average molecular weight is 406 g/mol.